The Labute approximate surface area is 217 Å². The van der Waals surface area contributed by atoms with Crippen LogP contribution in [0.4, 0.5) is 11.6 Å². The molecule has 37 heavy (non-hydrogen) atoms. The van der Waals surface area contributed by atoms with Crippen molar-refractivity contribution in [3.63, 3.8) is 0 Å². The van der Waals surface area contributed by atoms with E-state index >= 15 is 0 Å². The van der Waals surface area contributed by atoms with Crippen molar-refractivity contribution < 1.29 is 23.4 Å². The van der Waals surface area contributed by atoms with Crippen LogP contribution < -0.4 is 30.2 Å². The topological polar surface area (TPSA) is 133 Å². The maximum Gasteiger partial charge on any atom is 0.399 e. The van der Waals surface area contributed by atoms with E-state index in [1.807, 2.05) is 19.1 Å². The fourth-order valence-corrected chi connectivity index (χ4v) is 3.32. The Kier molecular flexibility index (Phi) is 9.29. The highest BCUT2D eigenvalue weighted by molar-refractivity contribution is 6.04. The number of carbonyl (C=O) groups is 1. The molecule has 11 nitrogen and oxygen atoms in total. The van der Waals surface area contributed by atoms with Gasteiger partial charge in [0, 0.05) is 13.1 Å². The highest BCUT2D eigenvalue weighted by atomic mass is 16.6. The molecule has 11 heteroatoms. The first kappa shape index (κ1) is 27.7. The predicted octanol–water partition coefficient (Wildman–Crippen LogP) is 4.54. The van der Waals surface area contributed by atoms with Gasteiger partial charge in [-0.15, -0.1) is 0 Å². The van der Waals surface area contributed by atoms with E-state index in [2.05, 4.69) is 64.7 Å². The number of aromatic nitrogens is 3. The summed E-state index contributed by atoms with van der Waals surface area (Å²) < 4.78 is 22.0. The van der Waals surface area contributed by atoms with Crippen LogP contribution in [-0.4, -0.2) is 54.7 Å². The van der Waals surface area contributed by atoms with Crippen LogP contribution in [0.15, 0.2) is 28.9 Å². The van der Waals surface area contributed by atoms with Crippen LogP contribution in [0.3, 0.4) is 0 Å². The second-order valence-corrected chi connectivity index (χ2v) is 9.40. The molecule has 0 bridgehead atoms. The zero-order valence-corrected chi connectivity index (χ0v) is 22.5. The van der Waals surface area contributed by atoms with Gasteiger partial charge in [0.05, 0.1) is 14.2 Å². The van der Waals surface area contributed by atoms with Gasteiger partial charge in [-0.25, -0.2) is 0 Å². The Bertz CT molecular complexity index is 1180. The third-order valence-electron chi connectivity index (χ3n) is 5.45. The quantitative estimate of drug-likeness (QED) is 0.297. The van der Waals surface area contributed by atoms with Gasteiger partial charge in [0.2, 0.25) is 17.7 Å². The lowest BCUT2D eigenvalue weighted by molar-refractivity contribution is 0.102. The maximum absolute atomic E-state index is 12.9. The van der Waals surface area contributed by atoms with E-state index in [9.17, 15) is 4.79 Å². The second-order valence-electron chi connectivity index (χ2n) is 9.40. The number of carbonyl (C=O) groups excluding carboxylic acids is 1. The number of benzene rings is 1. The van der Waals surface area contributed by atoms with Gasteiger partial charge in [0.25, 0.3) is 5.91 Å². The first-order chi connectivity index (χ1) is 17.7. The molecule has 2 heterocycles. The average molecular weight is 513 g/mol. The van der Waals surface area contributed by atoms with Crippen molar-refractivity contribution in [3.05, 3.63) is 41.3 Å². The molecule has 1 amide bonds. The molecule has 0 aliphatic heterocycles. The molecule has 3 rings (SSSR count). The van der Waals surface area contributed by atoms with Gasteiger partial charge in [-0.2, -0.15) is 15.0 Å². The zero-order valence-electron chi connectivity index (χ0n) is 22.5. The maximum atomic E-state index is 12.9. The van der Waals surface area contributed by atoms with Crippen LogP contribution in [0.2, 0.25) is 0 Å². The van der Waals surface area contributed by atoms with Crippen molar-refractivity contribution in [2.24, 2.45) is 0 Å². The molecule has 3 aromatic rings. The van der Waals surface area contributed by atoms with Crippen molar-refractivity contribution in [2.75, 3.05) is 44.5 Å². The minimum absolute atomic E-state index is 0.00735. The van der Waals surface area contributed by atoms with Crippen molar-refractivity contribution in [1.82, 2.24) is 20.3 Å². The third kappa shape index (κ3) is 7.32. The SMILES string of the molecule is CCCNCCNc1nc(OC)c(NC(=O)c2coc(Oc3cc(C(C)(C)C)ccc3C)n2)c(OC)n1. The van der Waals surface area contributed by atoms with E-state index in [0.717, 1.165) is 30.6 Å². The van der Waals surface area contributed by atoms with Gasteiger partial charge in [-0.05, 0) is 42.5 Å². The lowest BCUT2D eigenvalue weighted by Crippen LogP contribution is -2.23. The van der Waals surface area contributed by atoms with Gasteiger partial charge >= 0.3 is 6.08 Å². The van der Waals surface area contributed by atoms with Crippen LogP contribution >= 0.6 is 0 Å². The van der Waals surface area contributed by atoms with E-state index in [1.54, 1.807) is 0 Å². The smallest absolute Gasteiger partial charge is 0.399 e. The lowest BCUT2D eigenvalue weighted by atomic mass is 9.86. The number of hydrogen-bond donors (Lipinski definition) is 3. The van der Waals surface area contributed by atoms with Crippen molar-refractivity contribution in [2.45, 2.75) is 46.5 Å². The van der Waals surface area contributed by atoms with Crippen LogP contribution in [0.25, 0.3) is 0 Å². The summed E-state index contributed by atoms with van der Waals surface area (Å²) in [6.07, 6.45) is 2.22. The van der Waals surface area contributed by atoms with E-state index in [1.165, 1.54) is 20.5 Å². The van der Waals surface area contributed by atoms with Crippen LogP contribution in [-0.2, 0) is 5.41 Å². The summed E-state index contributed by atoms with van der Waals surface area (Å²) in [5, 5.41) is 9.09. The van der Waals surface area contributed by atoms with Crippen LogP contribution in [0, 0.1) is 6.92 Å². The van der Waals surface area contributed by atoms with Gasteiger partial charge in [-0.1, -0.05) is 39.8 Å². The third-order valence-corrected chi connectivity index (χ3v) is 5.45. The molecule has 0 atom stereocenters. The summed E-state index contributed by atoms with van der Waals surface area (Å²) in [4.78, 5) is 25.8. The number of ether oxygens (including phenoxy) is 3. The first-order valence-corrected chi connectivity index (χ1v) is 12.2. The molecule has 0 aliphatic rings. The number of aryl methyl sites for hydroxylation is 1. The summed E-state index contributed by atoms with van der Waals surface area (Å²) in [5.74, 6) is 0.627. The summed E-state index contributed by atoms with van der Waals surface area (Å²) in [7, 11) is 2.89. The van der Waals surface area contributed by atoms with Gasteiger partial charge < -0.3 is 34.6 Å². The second kappa shape index (κ2) is 12.4. The first-order valence-electron chi connectivity index (χ1n) is 12.2. The monoisotopic (exact) mass is 512 g/mol. The minimum atomic E-state index is -0.566. The predicted molar refractivity (Wildman–Crippen MR) is 141 cm³/mol. The molecular weight excluding hydrogens is 476 g/mol. The zero-order chi connectivity index (χ0) is 27.0. The molecule has 0 unspecified atom stereocenters. The fraction of sp³-hybridized carbons (Fsp3) is 0.462. The molecule has 3 N–H and O–H groups in total. The molecule has 2 aromatic heterocycles. The summed E-state index contributed by atoms with van der Waals surface area (Å²) in [6.45, 7) is 12.7. The summed E-state index contributed by atoms with van der Waals surface area (Å²) in [6, 6.07) is 5.98. The molecule has 0 aliphatic carbocycles. The number of rotatable bonds is 12. The average Bonchev–Trinajstić information content (AvgIpc) is 3.33. The number of amides is 1. The Morgan fingerprint density at radius 2 is 1.73 bits per heavy atom. The highest BCUT2D eigenvalue weighted by Gasteiger charge is 2.22. The molecular formula is C26H36N6O5. The van der Waals surface area contributed by atoms with E-state index < -0.39 is 5.91 Å². The number of oxazole rings is 1. The molecule has 0 radical (unpaired) electrons. The number of anilines is 2. The van der Waals surface area contributed by atoms with Crippen molar-refractivity contribution in [3.8, 4) is 23.6 Å². The minimum Gasteiger partial charge on any atom is -0.479 e. The lowest BCUT2D eigenvalue weighted by Gasteiger charge is -2.20. The Hall–Kier alpha value is -3.86. The fourth-order valence-electron chi connectivity index (χ4n) is 3.32. The molecule has 0 saturated carbocycles. The molecule has 200 valence electrons. The molecule has 0 saturated heterocycles. The summed E-state index contributed by atoms with van der Waals surface area (Å²) in [5.41, 5.74) is 2.15. The van der Waals surface area contributed by atoms with Crippen molar-refractivity contribution >= 4 is 17.5 Å². The van der Waals surface area contributed by atoms with Gasteiger partial charge in [0.1, 0.15) is 12.0 Å². The van der Waals surface area contributed by atoms with Crippen LogP contribution in [0.1, 0.15) is 55.7 Å². The highest BCUT2D eigenvalue weighted by Crippen LogP contribution is 2.34. The molecule has 1 aromatic carbocycles. The number of nitrogens with one attached hydrogen (secondary N) is 3. The van der Waals surface area contributed by atoms with Crippen LogP contribution in [0.5, 0.6) is 23.6 Å². The molecule has 0 spiro atoms. The Morgan fingerprint density at radius 1 is 1.03 bits per heavy atom. The summed E-state index contributed by atoms with van der Waals surface area (Å²) >= 11 is 0. The largest absolute Gasteiger partial charge is 0.479 e. The number of methoxy groups -OCH3 is 2. The number of nitrogens with zero attached hydrogens (tertiary/aromatic N) is 3. The Morgan fingerprint density at radius 3 is 2.35 bits per heavy atom. The normalized spacial score (nSPS) is 11.2. The van der Waals surface area contributed by atoms with Gasteiger partial charge in [0.15, 0.2) is 11.4 Å². The Balaban J connectivity index is 1.73. The molecule has 0 fully saturated rings. The van der Waals surface area contributed by atoms with Gasteiger partial charge in [-0.3, -0.25) is 4.79 Å². The van der Waals surface area contributed by atoms with Crippen molar-refractivity contribution in [1.29, 1.82) is 0 Å². The number of hydrogen-bond acceptors (Lipinski definition) is 10. The van der Waals surface area contributed by atoms with E-state index in [-0.39, 0.29) is 34.6 Å². The van der Waals surface area contributed by atoms with E-state index in [0.29, 0.717) is 18.2 Å². The van der Waals surface area contributed by atoms with E-state index in [4.69, 9.17) is 18.6 Å². The standard InChI is InChI=1S/C26H36N6O5/c1-8-11-27-12-13-28-24-31-22(34-6)20(23(32-24)35-7)30-21(33)18-15-36-25(29-18)37-19-14-17(26(3,4)5)10-9-16(19)2/h9-10,14-15,27H,8,11-13H2,1-7H3,(H,30,33)(H,28,31,32).